The number of hydrazone groups is 1. The van der Waals surface area contributed by atoms with Crippen molar-refractivity contribution < 1.29 is 32.6 Å². The summed E-state index contributed by atoms with van der Waals surface area (Å²) in [7, 11) is 0. The number of aliphatic hydroxyl groups is 1. The van der Waals surface area contributed by atoms with Crippen LogP contribution in [0.4, 0.5) is 13.2 Å². The topological polar surface area (TPSA) is 169 Å². The third-order valence-electron chi connectivity index (χ3n) is 5.51. The van der Waals surface area contributed by atoms with Gasteiger partial charge in [-0.15, -0.1) is 18.3 Å². The Morgan fingerprint density at radius 1 is 1.12 bits per heavy atom. The smallest absolute Gasteiger partial charge is 0.406 e. The molecule has 1 heterocycles. The molecular weight excluding hydrogens is 545 g/mol. The fourth-order valence-electron chi connectivity index (χ4n) is 3.49. The zero-order valence-corrected chi connectivity index (χ0v) is 21.8. The monoisotopic (exact) mass is 574 g/mol. The highest BCUT2D eigenvalue weighted by atomic mass is 19.4. The third kappa shape index (κ3) is 10.7. The second kappa shape index (κ2) is 15.1. The summed E-state index contributed by atoms with van der Waals surface area (Å²) in [5.41, 5.74) is 1.04. The molecule has 2 amide bonds. The Morgan fingerprint density at radius 2 is 1.90 bits per heavy atom. The van der Waals surface area contributed by atoms with E-state index in [1.165, 1.54) is 29.2 Å². The van der Waals surface area contributed by atoms with Crippen LogP contribution in [-0.4, -0.2) is 63.3 Å². The van der Waals surface area contributed by atoms with Crippen LogP contribution < -0.4 is 21.2 Å². The number of carbonyl (C=O) groups excluding carboxylic acids is 2. The number of aliphatic hydroxyl groups excluding tert-OH is 1. The SMILES string of the molecule is NN=C(C=NCCCCn1cc(C(=O)NC[C@H](O)c2ccccc2)nn1)C(=O)NCc1cccc(OC(F)(F)F)c1. The maximum absolute atomic E-state index is 12.4. The van der Waals surface area contributed by atoms with E-state index >= 15 is 0 Å². The number of hydrogen-bond acceptors (Lipinski definition) is 9. The lowest BCUT2D eigenvalue weighted by Crippen LogP contribution is -2.32. The summed E-state index contributed by atoms with van der Waals surface area (Å²) in [6.45, 7) is 0.774. The van der Waals surface area contributed by atoms with Crippen LogP contribution in [0.25, 0.3) is 0 Å². The molecule has 15 heteroatoms. The number of nitrogens with two attached hydrogens (primary N) is 1. The molecule has 0 radical (unpaired) electrons. The first-order valence-corrected chi connectivity index (χ1v) is 12.5. The van der Waals surface area contributed by atoms with Gasteiger partial charge in [-0.25, -0.2) is 0 Å². The van der Waals surface area contributed by atoms with Gasteiger partial charge in [0.05, 0.1) is 18.5 Å². The number of ether oxygens (including phenoxy) is 1. The normalized spacial score (nSPS) is 12.7. The Bertz CT molecular complexity index is 1350. The Morgan fingerprint density at radius 3 is 2.63 bits per heavy atom. The van der Waals surface area contributed by atoms with Crippen LogP contribution in [-0.2, 0) is 17.9 Å². The number of aryl methyl sites for hydroxylation is 1. The number of nitrogens with zero attached hydrogens (tertiary/aromatic N) is 5. The lowest BCUT2D eigenvalue weighted by atomic mass is 10.1. The van der Waals surface area contributed by atoms with E-state index in [9.17, 15) is 27.9 Å². The van der Waals surface area contributed by atoms with Gasteiger partial charge in [-0.05, 0) is 36.1 Å². The summed E-state index contributed by atoms with van der Waals surface area (Å²) >= 11 is 0. The van der Waals surface area contributed by atoms with Crippen molar-refractivity contribution in [2.45, 2.75) is 38.4 Å². The Balaban J connectivity index is 1.35. The van der Waals surface area contributed by atoms with Gasteiger partial charge in [-0.3, -0.25) is 19.3 Å². The van der Waals surface area contributed by atoms with Crippen molar-refractivity contribution in [3.05, 3.63) is 77.6 Å². The fourth-order valence-corrected chi connectivity index (χ4v) is 3.49. The average molecular weight is 575 g/mol. The second-order valence-corrected chi connectivity index (χ2v) is 8.64. The molecule has 1 aromatic heterocycles. The Kier molecular flexibility index (Phi) is 11.3. The number of amides is 2. The molecule has 12 nitrogen and oxygen atoms in total. The molecule has 0 unspecified atom stereocenters. The van der Waals surface area contributed by atoms with Crippen LogP contribution in [0.15, 0.2) is 70.9 Å². The first-order valence-electron chi connectivity index (χ1n) is 12.5. The molecule has 0 bridgehead atoms. The first-order chi connectivity index (χ1) is 19.6. The minimum absolute atomic E-state index is 0.0317. The van der Waals surface area contributed by atoms with Crippen molar-refractivity contribution in [3.8, 4) is 5.75 Å². The number of hydrogen-bond donors (Lipinski definition) is 4. The maximum atomic E-state index is 12.4. The van der Waals surface area contributed by atoms with Crippen LogP contribution in [0.3, 0.4) is 0 Å². The Hall–Kier alpha value is -4.79. The molecular formula is C26H29F3N8O4. The van der Waals surface area contributed by atoms with Crippen LogP contribution in [0.5, 0.6) is 5.75 Å². The van der Waals surface area contributed by atoms with Crippen LogP contribution in [0.1, 0.15) is 40.6 Å². The summed E-state index contributed by atoms with van der Waals surface area (Å²) in [5.74, 6) is 3.77. The van der Waals surface area contributed by atoms with Gasteiger partial charge < -0.3 is 26.3 Å². The second-order valence-electron chi connectivity index (χ2n) is 8.64. The van der Waals surface area contributed by atoms with E-state index in [1.807, 2.05) is 6.07 Å². The molecule has 3 aromatic rings. The van der Waals surface area contributed by atoms with Gasteiger partial charge in [0.25, 0.3) is 11.8 Å². The highest BCUT2D eigenvalue weighted by Gasteiger charge is 2.31. The molecule has 0 saturated heterocycles. The van der Waals surface area contributed by atoms with Gasteiger partial charge >= 0.3 is 6.36 Å². The predicted octanol–water partition coefficient (Wildman–Crippen LogP) is 2.12. The third-order valence-corrected chi connectivity index (χ3v) is 5.51. The van der Waals surface area contributed by atoms with E-state index in [1.54, 1.807) is 24.3 Å². The molecule has 0 fully saturated rings. The zero-order chi connectivity index (χ0) is 29.7. The number of carbonyl (C=O) groups is 2. The van der Waals surface area contributed by atoms with E-state index in [4.69, 9.17) is 5.84 Å². The molecule has 218 valence electrons. The molecule has 2 aromatic carbocycles. The minimum atomic E-state index is -4.82. The molecule has 1 atom stereocenters. The number of aromatic nitrogens is 3. The molecule has 0 saturated carbocycles. The average Bonchev–Trinajstić information content (AvgIpc) is 3.43. The van der Waals surface area contributed by atoms with Crippen molar-refractivity contribution in [1.29, 1.82) is 0 Å². The first kappa shape index (κ1) is 30.7. The van der Waals surface area contributed by atoms with Crippen LogP contribution >= 0.6 is 0 Å². The van der Waals surface area contributed by atoms with Crippen LogP contribution in [0.2, 0.25) is 0 Å². The van der Waals surface area contributed by atoms with Crippen molar-refractivity contribution >= 4 is 23.7 Å². The number of nitrogens with one attached hydrogen (secondary N) is 2. The predicted molar refractivity (Wildman–Crippen MR) is 143 cm³/mol. The van der Waals surface area contributed by atoms with E-state index in [0.717, 1.165) is 12.1 Å². The summed E-state index contributed by atoms with van der Waals surface area (Å²) in [5, 5.41) is 26.5. The lowest BCUT2D eigenvalue weighted by Gasteiger charge is -2.11. The number of unbranched alkanes of at least 4 members (excludes halogenated alkanes) is 1. The van der Waals surface area contributed by atoms with E-state index in [2.05, 4.69) is 35.8 Å². The summed E-state index contributed by atoms with van der Waals surface area (Å²) in [6, 6.07) is 14.2. The van der Waals surface area contributed by atoms with Gasteiger partial charge in [0.15, 0.2) is 11.4 Å². The van der Waals surface area contributed by atoms with Gasteiger partial charge in [0, 0.05) is 26.2 Å². The zero-order valence-electron chi connectivity index (χ0n) is 21.8. The number of aliphatic imine (C=N–C) groups is 1. The number of benzene rings is 2. The lowest BCUT2D eigenvalue weighted by molar-refractivity contribution is -0.274. The highest BCUT2D eigenvalue weighted by Crippen LogP contribution is 2.23. The molecule has 0 aliphatic rings. The van der Waals surface area contributed by atoms with Crippen molar-refractivity contribution in [1.82, 2.24) is 25.6 Å². The Labute approximate surface area is 233 Å². The molecule has 3 rings (SSSR count). The molecule has 5 N–H and O–H groups in total. The minimum Gasteiger partial charge on any atom is -0.406 e. The van der Waals surface area contributed by atoms with E-state index in [0.29, 0.717) is 37.1 Å². The molecule has 0 spiro atoms. The van der Waals surface area contributed by atoms with Crippen molar-refractivity contribution in [3.63, 3.8) is 0 Å². The molecule has 41 heavy (non-hydrogen) atoms. The fraction of sp³-hybridized carbons (Fsp3) is 0.308. The van der Waals surface area contributed by atoms with Gasteiger partial charge in [-0.1, -0.05) is 47.7 Å². The highest BCUT2D eigenvalue weighted by molar-refractivity contribution is 6.60. The number of rotatable bonds is 14. The van der Waals surface area contributed by atoms with Gasteiger partial charge in [0.1, 0.15) is 5.75 Å². The van der Waals surface area contributed by atoms with E-state index < -0.39 is 30.0 Å². The van der Waals surface area contributed by atoms with Gasteiger partial charge in [0.2, 0.25) is 0 Å². The quantitative estimate of drug-likeness (QED) is 0.0989. The van der Waals surface area contributed by atoms with Crippen molar-refractivity contribution in [2.75, 3.05) is 13.1 Å². The maximum Gasteiger partial charge on any atom is 0.573 e. The summed E-state index contributed by atoms with van der Waals surface area (Å²) in [6.07, 6.45) is -1.69. The van der Waals surface area contributed by atoms with E-state index in [-0.39, 0.29) is 24.5 Å². The molecule has 0 aliphatic heterocycles. The van der Waals surface area contributed by atoms with Crippen LogP contribution in [0, 0.1) is 0 Å². The van der Waals surface area contributed by atoms with Crippen molar-refractivity contribution in [2.24, 2.45) is 15.9 Å². The number of halogens is 3. The van der Waals surface area contributed by atoms with Gasteiger partial charge in [-0.2, -0.15) is 5.10 Å². The summed E-state index contributed by atoms with van der Waals surface area (Å²) in [4.78, 5) is 28.7. The largest absolute Gasteiger partial charge is 0.573 e. The number of alkyl halides is 3. The summed E-state index contributed by atoms with van der Waals surface area (Å²) < 4.78 is 42.5. The standard InChI is InChI=1S/C26H29F3N8O4/c27-26(28,29)41-20-10-6-7-18(13-20)14-32-24(39)21(34-30)15-31-11-4-5-12-37-17-22(35-36-37)25(40)33-16-23(38)19-8-2-1-3-9-19/h1-3,6-10,13,15,17,23,38H,4-5,11-12,14,16,30H2,(H,32,39)(H,33,40)/t23-/m0/s1. The molecule has 0 aliphatic carbocycles.